The molecule has 174 valence electrons. The van der Waals surface area contributed by atoms with Crippen LogP contribution in [0.15, 0.2) is 65.7 Å². The van der Waals surface area contributed by atoms with E-state index in [1.54, 1.807) is 16.7 Å². The number of aromatic amines is 1. The number of carbonyl (C=O) groups is 1. The molecule has 0 unspecified atom stereocenters. The molecule has 1 fully saturated rings. The van der Waals surface area contributed by atoms with Crippen molar-refractivity contribution in [3.63, 3.8) is 0 Å². The van der Waals surface area contributed by atoms with Crippen LogP contribution in [0.1, 0.15) is 16.1 Å². The zero-order chi connectivity index (χ0) is 23.8. The van der Waals surface area contributed by atoms with Crippen molar-refractivity contribution in [3.05, 3.63) is 76.8 Å². The summed E-state index contributed by atoms with van der Waals surface area (Å²) in [5.74, 6) is -0.331. The maximum atomic E-state index is 13.1. The second-order valence-electron chi connectivity index (χ2n) is 7.37. The van der Waals surface area contributed by atoms with E-state index < -0.39 is 26.7 Å². The SMILES string of the molecule is O=C(c1c[nH]c(=S)n1-c1ccccc1)N1CCN(S(=O)(=O)c2cccc(C(F)(F)F)c2)CC1. The summed E-state index contributed by atoms with van der Waals surface area (Å²) in [7, 11) is -4.14. The minimum atomic E-state index is -4.65. The van der Waals surface area contributed by atoms with Crippen molar-refractivity contribution < 1.29 is 26.4 Å². The van der Waals surface area contributed by atoms with Gasteiger partial charge < -0.3 is 9.88 Å². The Morgan fingerprint density at radius 1 is 0.970 bits per heavy atom. The number of hydrogen-bond acceptors (Lipinski definition) is 4. The van der Waals surface area contributed by atoms with E-state index in [4.69, 9.17) is 12.2 Å². The highest BCUT2D eigenvalue weighted by Gasteiger charge is 2.35. The van der Waals surface area contributed by atoms with Crippen LogP contribution in [0.2, 0.25) is 0 Å². The number of H-pyrrole nitrogens is 1. The van der Waals surface area contributed by atoms with Crippen LogP contribution in [0.3, 0.4) is 0 Å². The Kier molecular flexibility index (Phi) is 6.16. The van der Waals surface area contributed by atoms with E-state index in [-0.39, 0.29) is 32.1 Å². The zero-order valence-electron chi connectivity index (χ0n) is 17.1. The Morgan fingerprint density at radius 3 is 2.27 bits per heavy atom. The summed E-state index contributed by atoms with van der Waals surface area (Å²) >= 11 is 5.30. The lowest BCUT2D eigenvalue weighted by molar-refractivity contribution is -0.137. The van der Waals surface area contributed by atoms with E-state index >= 15 is 0 Å². The number of aromatic nitrogens is 2. The normalized spacial score (nSPS) is 15.5. The first-order valence-electron chi connectivity index (χ1n) is 9.91. The fraction of sp³-hybridized carbons (Fsp3) is 0.238. The van der Waals surface area contributed by atoms with Crippen LogP contribution in [-0.4, -0.2) is 59.3 Å². The molecule has 2 aromatic carbocycles. The summed E-state index contributed by atoms with van der Waals surface area (Å²) in [6, 6.07) is 12.7. The molecule has 2 heterocycles. The van der Waals surface area contributed by atoms with Crippen molar-refractivity contribution >= 4 is 28.1 Å². The lowest BCUT2D eigenvalue weighted by atomic mass is 10.2. The number of nitrogens with one attached hydrogen (secondary N) is 1. The topological polar surface area (TPSA) is 78.4 Å². The molecule has 0 radical (unpaired) electrons. The van der Waals surface area contributed by atoms with Crippen LogP contribution in [0.4, 0.5) is 13.2 Å². The molecular formula is C21H19F3N4O3S2. The van der Waals surface area contributed by atoms with Gasteiger partial charge in [0.05, 0.1) is 10.5 Å². The average Bonchev–Trinajstić information content (AvgIpc) is 3.20. The van der Waals surface area contributed by atoms with Crippen LogP contribution in [0, 0.1) is 4.77 Å². The molecule has 1 aliphatic heterocycles. The smallest absolute Gasteiger partial charge is 0.336 e. The molecule has 1 aromatic heterocycles. The number of piperazine rings is 1. The minimum absolute atomic E-state index is 0.0409. The molecule has 1 N–H and O–H groups in total. The molecule has 3 aromatic rings. The number of amides is 1. The predicted octanol–water partition coefficient (Wildman–Crippen LogP) is 3.70. The first kappa shape index (κ1) is 23.2. The molecule has 7 nitrogen and oxygen atoms in total. The average molecular weight is 497 g/mol. The Balaban J connectivity index is 1.51. The van der Waals surface area contributed by atoms with E-state index in [1.165, 1.54) is 11.1 Å². The molecular weight excluding hydrogens is 477 g/mol. The molecule has 1 saturated heterocycles. The van der Waals surface area contributed by atoms with Gasteiger partial charge in [0.15, 0.2) is 4.77 Å². The van der Waals surface area contributed by atoms with Crippen molar-refractivity contribution in [2.45, 2.75) is 11.1 Å². The van der Waals surface area contributed by atoms with Crippen LogP contribution < -0.4 is 0 Å². The Morgan fingerprint density at radius 2 is 1.64 bits per heavy atom. The molecule has 0 aliphatic carbocycles. The summed E-state index contributed by atoms with van der Waals surface area (Å²) in [6.45, 7) is 0.0924. The third-order valence-corrected chi connectivity index (χ3v) is 7.53. The number of rotatable bonds is 4. The number of alkyl halides is 3. The number of hydrogen-bond donors (Lipinski definition) is 1. The second kappa shape index (κ2) is 8.76. The number of benzene rings is 2. The van der Waals surface area contributed by atoms with Gasteiger partial charge in [-0.1, -0.05) is 24.3 Å². The molecule has 4 rings (SSSR count). The van der Waals surface area contributed by atoms with E-state index in [2.05, 4.69) is 4.98 Å². The van der Waals surface area contributed by atoms with Crippen molar-refractivity contribution in [3.8, 4) is 5.69 Å². The predicted molar refractivity (Wildman–Crippen MR) is 117 cm³/mol. The van der Waals surface area contributed by atoms with Gasteiger partial charge in [-0.05, 0) is 42.5 Å². The van der Waals surface area contributed by atoms with E-state index in [9.17, 15) is 26.4 Å². The van der Waals surface area contributed by atoms with Gasteiger partial charge in [-0.3, -0.25) is 9.36 Å². The van der Waals surface area contributed by atoms with Crippen molar-refractivity contribution in [2.24, 2.45) is 0 Å². The van der Waals surface area contributed by atoms with Crippen LogP contribution in [0.25, 0.3) is 5.69 Å². The summed E-state index contributed by atoms with van der Waals surface area (Å²) in [4.78, 5) is 17.1. The summed E-state index contributed by atoms with van der Waals surface area (Å²) in [5, 5.41) is 0. The number of carbonyl (C=O) groups excluding carboxylic acids is 1. The van der Waals surface area contributed by atoms with Crippen LogP contribution in [-0.2, 0) is 16.2 Å². The monoisotopic (exact) mass is 496 g/mol. The standard InChI is InChI=1S/C21H19F3N4O3S2/c22-21(23,24)15-5-4-8-17(13-15)33(30,31)27-11-9-26(10-12-27)19(29)18-14-25-20(32)28(18)16-6-2-1-3-7-16/h1-8,13-14H,9-12H2,(H,25,32). The number of para-hydroxylation sites is 1. The van der Waals surface area contributed by atoms with E-state index in [0.29, 0.717) is 22.2 Å². The highest BCUT2D eigenvalue weighted by Crippen LogP contribution is 2.31. The summed E-state index contributed by atoms with van der Waals surface area (Å²) in [5.41, 5.74) is -0.0201. The molecule has 1 aliphatic rings. The molecule has 0 saturated carbocycles. The van der Waals surface area contributed by atoms with Gasteiger partial charge in [-0.2, -0.15) is 17.5 Å². The van der Waals surface area contributed by atoms with Gasteiger partial charge in [0.25, 0.3) is 5.91 Å². The second-order valence-corrected chi connectivity index (χ2v) is 9.70. The molecule has 1 amide bonds. The van der Waals surface area contributed by atoms with Crippen molar-refractivity contribution in [2.75, 3.05) is 26.2 Å². The van der Waals surface area contributed by atoms with Gasteiger partial charge in [0.1, 0.15) is 5.69 Å². The fourth-order valence-corrected chi connectivity index (χ4v) is 5.37. The van der Waals surface area contributed by atoms with Crippen LogP contribution >= 0.6 is 12.2 Å². The maximum absolute atomic E-state index is 13.1. The molecule has 12 heteroatoms. The van der Waals surface area contributed by atoms with Gasteiger partial charge in [-0.15, -0.1) is 0 Å². The lowest BCUT2D eigenvalue weighted by Gasteiger charge is -2.34. The molecule has 33 heavy (non-hydrogen) atoms. The lowest BCUT2D eigenvalue weighted by Crippen LogP contribution is -2.50. The van der Waals surface area contributed by atoms with E-state index in [1.807, 2.05) is 18.2 Å². The number of imidazole rings is 1. The Labute approximate surface area is 193 Å². The molecule has 0 spiro atoms. The van der Waals surface area contributed by atoms with Gasteiger partial charge >= 0.3 is 6.18 Å². The maximum Gasteiger partial charge on any atom is 0.416 e. The quantitative estimate of drug-likeness (QED) is 0.559. The Bertz CT molecular complexity index is 1330. The van der Waals surface area contributed by atoms with Gasteiger partial charge in [0, 0.05) is 38.1 Å². The van der Waals surface area contributed by atoms with Crippen LogP contribution in [0.5, 0.6) is 0 Å². The molecule has 0 bridgehead atoms. The van der Waals surface area contributed by atoms with Crippen molar-refractivity contribution in [1.82, 2.24) is 18.8 Å². The summed E-state index contributed by atoms with van der Waals surface area (Å²) < 4.78 is 67.8. The van der Waals surface area contributed by atoms with Gasteiger partial charge in [0.2, 0.25) is 10.0 Å². The van der Waals surface area contributed by atoms with Gasteiger partial charge in [-0.25, -0.2) is 8.42 Å². The largest absolute Gasteiger partial charge is 0.416 e. The minimum Gasteiger partial charge on any atom is -0.336 e. The first-order chi connectivity index (χ1) is 15.6. The fourth-order valence-electron chi connectivity index (χ4n) is 3.63. The highest BCUT2D eigenvalue weighted by atomic mass is 32.2. The third kappa shape index (κ3) is 4.59. The van der Waals surface area contributed by atoms with E-state index in [0.717, 1.165) is 22.5 Å². The molecule has 0 atom stereocenters. The summed E-state index contributed by atoms with van der Waals surface area (Å²) in [6.07, 6.45) is -3.14. The third-order valence-electron chi connectivity index (χ3n) is 5.33. The Hall–Kier alpha value is -2.96. The zero-order valence-corrected chi connectivity index (χ0v) is 18.8. The number of sulfonamides is 1. The highest BCUT2D eigenvalue weighted by molar-refractivity contribution is 7.89. The number of nitrogens with zero attached hydrogens (tertiary/aromatic N) is 3. The number of halogens is 3. The van der Waals surface area contributed by atoms with Crippen molar-refractivity contribution in [1.29, 1.82) is 0 Å². The first-order valence-corrected chi connectivity index (χ1v) is 11.8.